The summed E-state index contributed by atoms with van der Waals surface area (Å²) in [7, 11) is 0. The molecule has 1 aromatic heterocycles. The molecule has 2 aromatic carbocycles. The molecule has 1 amide bonds. The largest absolute Gasteiger partial charge is 0.467 e. The van der Waals surface area contributed by atoms with Gasteiger partial charge in [0.2, 0.25) is 0 Å². The quantitative estimate of drug-likeness (QED) is 0.315. The van der Waals surface area contributed by atoms with Crippen molar-refractivity contribution in [2.24, 2.45) is 0 Å². The average Bonchev–Trinajstić information content (AvgIpc) is 3.19. The van der Waals surface area contributed by atoms with Gasteiger partial charge in [0.1, 0.15) is 5.76 Å². The van der Waals surface area contributed by atoms with E-state index in [1.165, 1.54) is 12.1 Å². The van der Waals surface area contributed by atoms with E-state index in [-0.39, 0.29) is 18.1 Å². The van der Waals surface area contributed by atoms with E-state index in [9.17, 15) is 14.9 Å². The molecule has 0 aliphatic carbocycles. The lowest BCUT2D eigenvalue weighted by atomic mass is 10.0. The molecule has 1 heterocycles. The first kappa shape index (κ1) is 17.2. The third-order valence-corrected chi connectivity index (χ3v) is 3.72. The van der Waals surface area contributed by atoms with Gasteiger partial charge in [-0.25, -0.2) is 0 Å². The van der Waals surface area contributed by atoms with Crippen LogP contribution in [0.5, 0.6) is 0 Å². The van der Waals surface area contributed by atoms with Crippen LogP contribution in [0.3, 0.4) is 0 Å². The molecule has 6 heteroatoms. The first-order valence-corrected chi connectivity index (χ1v) is 7.95. The summed E-state index contributed by atoms with van der Waals surface area (Å²) in [5, 5.41) is 13.8. The molecule has 0 spiro atoms. The monoisotopic (exact) mass is 348 g/mol. The summed E-state index contributed by atoms with van der Waals surface area (Å²) in [5.41, 5.74) is 1.68. The van der Waals surface area contributed by atoms with Crippen LogP contribution >= 0.6 is 0 Å². The normalized spacial score (nSPS) is 11.2. The van der Waals surface area contributed by atoms with Crippen LogP contribution in [0.4, 0.5) is 5.69 Å². The van der Waals surface area contributed by atoms with Crippen molar-refractivity contribution in [1.82, 2.24) is 5.32 Å². The highest BCUT2D eigenvalue weighted by Gasteiger charge is 2.13. The lowest BCUT2D eigenvalue weighted by Crippen LogP contribution is -2.23. The van der Waals surface area contributed by atoms with E-state index in [4.69, 9.17) is 4.42 Å². The zero-order valence-corrected chi connectivity index (χ0v) is 13.8. The number of hydrogen-bond acceptors (Lipinski definition) is 4. The molecule has 0 aliphatic rings. The number of rotatable bonds is 6. The van der Waals surface area contributed by atoms with Crippen LogP contribution in [0.2, 0.25) is 0 Å². The molecule has 0 radical (unpaired) electrons. The summed E-state index contributed by atoms with van der Waals surface area (Å²) in [4.78, 5) is 23.2. The molecular formula is C20H16N2O4. The number of nitro groups is 1. The summed E-state index contributed by atoms with van der Waals surface area (Å²) < 4.78 is 5.22. The van der Waals surface area contributed by atoms with Crippen molar-refractivity contribution >= 4 is 23.2 Å². The number of nitro benzene ring substituents is 1. The number of hydrogen-bond donors (Lipinski definition) is 1. The molecule has 26 heavy (non-hydrogen) atoms. The minimum atomic E-state index is -0.462. The topological polar surface area (TPSA) is 85.4 Å². The van der Waals surface area contributed by atoms with Crippen LogP contribution in [-0.4, -0.2) is 10.8 Å². The maximum Gasteiger partial charge on any atom is 0.270 e. The Labute approximate surface area is 149 Å². The van der Waals surface area contributed by atoms with Gasteiger partial charge in [0.25, 0.3) is 11.6 Å². The molecule has 3 rings (SSSR count). The number of amides is 1. The SMILES string of the molecule is O=C(NCc1ccco1)/C(=C/c1cccc([N+](=O)[O-])c1)c1ccccc1. The molecule has 1 N–H and O–H groups in total. The number of nitrogens with zero attached hydrogens (tertiary/aromatic N) is 1. The van der Waals surface area contributed by atoms with Crippen molar-refractivity contribution in [3.63, 3.8) is 0 Å². The fourth-order valence-electron chi connectivity index (χ4n) is 2.47. The summed E-state index contributed by atoms with van der Waals surface area (Å²) in [6.45, 7) is 0.255. The van der Waals surface area contributed by atoms with Gasteiger partial charge in [-0.1, -0.05) is 42.5 Å². The van der Waals surface area contributed by atoms with Crippen molar-refractivity contribution in [2.45, 2.75) is 6.54 Å². The Balaban J connectivity index is 1.91. The number of carbonyl (C=O) groups is 1. The van der Waals surface area contributed by atoms with Gasteiger partial charge in [-0.2, -0.15) is 0 Å². The van der Waals surface area contributed by atoms with Crippen LogP contribution in [0.1, 0.15) is 16.9 Å². The third kappa shape index (κ3) is 4.24. The highest BCUT2D eigenvalue weighted by atomic mass is 16.6. The van der Waals surface area contributed by atoms with Gasteiger partial charge in [-0.05, 0) is 29.3 Å². The van der Waals surface area contributed by atoms with Crippen molar-refractivity contribution in [2.75, 3.05) is 0 Å². The number of non-ortho nitro benzene ring substituents is 1. The maximum atomic E-state index is 12.7. The van der Waals surface area contributed by atoms with E-state index in [1.54, 1.807) is 36.6 Å². The standard InChI is InChI=1S/C20H16N2O4/c23-20(21-14-18-10-5-11-26-18)19(16-7-2-1-3-8-16)13-15-6-4-9-17(12-15)22(24)25/h1-13H,14H2,(H,21,23)/b19-13+. The lowest BCUT2D eigenvalue weighted by molar-refractivity contribution is -0.384. The summed E-state index contributed by atoms with van der Waals surface area (Å²) in [6.07, 6.45) is 3.18. The molecule has 0 saturated heterocycles. The fraction of sp³-hybridized carbons (Fsp3) is 0.0500. The van der Waals surface area contributed by atoms with Crippen LogP contribution in [0, 0.1) is 10.1 Å². The molecule has 6 nitrogen and oxygen atoms in total. The minimum Gasteiger partial charge on any atom is -0.467 e. The molecule has 0 atom stereocenters. The molecular weight excluding hydrogens is 332 g/mol. The van der Waals surface area contributed by atoms with E-state index >= 15 is 0 Å². The summed E-state index contributed by atoms with van der Waals surface area (Å²) in [6, 6.07) is 18.8. The fourth-order valence-corrected chi connectivity index (χ4v) is 2.47. The van der Waals surface area contributed by atoms with Crippen molar-refractivity contribution < 1.29 is 14.1 Å². The van der Waals surface area contributed by atoms with Crippen LogP contribution < -0.4 is 5.32 Å². The van der Waals surface area contributed by atoms with Crippen molar-refractivity contribution in [3.8, 4) is 0 Å². The zero-order chi connectivity index (χ0) is 18.4. The Morgan fingerprint density at radius 1 is 1.08 bits per heavy atom. The number of nitrogens with one attached hydrogen (secondary N) is 1. The molecule has 130 valence electrons. The molecule has 0 saturated carbocycles. The van der Waals surface area contributed by atoms with E-state index in [2.05, 4.69) is 5.32 Å². The Kier molecular flexibility index (Phi) is 5.24. The van der Waals surface area contributed by atoms with E-state index in [0.717, 1.165) is 5.56 Å². The highest BCUT2D eigenvalue weighted by molar-refractivity contribution is 6.24. The van der Waals surface area contributed by atoms with Gasteiger partial charge in [-0.3, -0.25) is 14.9 Å². The van der Waals surface area contributed by atoms with Gasteiger partial charge >= 0.3 is 0 Å². The Hall–Kier alpha value is -3.67. The minimum absolute atomic E-state index is 0.0258. The lowest BCUT2D eigenvalue weighted by Gasteiger charge is -2.09. The van der Waals surface area contributed by atoms with E-state index < -0.39 is 4.92 Å². The Morgan fingerprint density at radius 2 is 1.88 bits per heavy atom. The zero-order valence-electron chi connectivity index (χ0n) is 13.8. The maximum absolute atomic E-state index is 12.7. The number of carbonyl (C=O) groups excluding carboxylic acids is 1. The first-order chi connectivity index (χ1) is 12.6. The van der Waals surface area contributed by atoms with Gasteiger partial charge in [0.05, 0.1) is 17.7 Å². The molecule has 3 aromatic rings. The predicted molar refractivity (Wildman–Crippen MR) is 98.0 cm³/mol. The second-order valence-electron chi connectivity index (χ2n) is 5.54. The van der Waals surface area contributed by atoms with E-state index in [0.29, 0.717) is 16.9 Å². The molecule has 0 fully saturated rings. The first-order valence-electron chi connectivity index (χ1n) is 7.95. The van der Waals surface area contributed by atoms with Crippen LogP contribution in [0.25, 0.3) is 11.6 Å². The highest BCUT2D eigenvalue weighted by Crippen LogP contribution is 2.21. The second kappa shape index (κ2) is 7.94. The Bertz CT molecular complexity index is 931. The average molecular weight is 348 g/mol. The molecule has 0 bridgehead atoms. The summed E-state index contributed by atoms with van der Waals surface area (Å²) in [5.74, 6) is 0.347. The number of furan rings is 1. The Morgan fingerprint density at radius 3 is 2.58 bits per heavy atom. The second-order valence-corrected chi connectivity index (χ2v) is 5.54. The third-order valence-electron chi connectivity index (χ3n) is 3.72. The van der Waals surface area contributed by atoms with Crippen molar-refractivity contribution in [3.05, 3.63) is 100.0 Å². The smallest absolute Gasteiger partial charge is 0.270 e. The van der Waals surface area contributed by atoms with Gasteiger partial charge in [0.15, 0.2) is 0 Å². The molecule has 0 unspecified atom stereocenters. The predicted octanol–water partition coefficient (Wildman–Crippen LogP) is 4.04. The van der Waals surface area contributed by atoms with E-state index in [1.807, 2.05) is 30.3 Å². The molecule has 0 aliphatic heterocycles. The van der Waals surface area contributed by atoms with Crippen molar-refractivity contribution in [1.29, 1.82) is 0 Å². The number of benzene rings is 2. The van der Waals surface area contributed by atoms with Gasteiger partial charge < -0.3 is 9.73 Å². The summed E-state index contributed by atoms with van der Waals surface area (Å²) >= 11 is 0. The van der Waals surface area contributed by atoms with Gasteiger partial charge in [0, 0.05) is 17.7 Å². The van der Waals surface area contributed by atoms with Gasteiger partial charge in [-0.15, -0.1) is 0 Å². The van der Waals surface area contributed by atoms with Crippen LogP contribution in [-0.2, 0) is 11.3 Å². The van der Waals surface area contributed by atoms with Crippen LogP contribution in [0.15, 0.2) is 77.4 Å².